The van der Waals surface area contributed by atoms with Crippen molar-refractivity contribution < 1.29 is 9.47 Å². The van der Waals surface area contributed by atoms with E-state index in [-0.39, 0.29) is 5.88 Å². The van der Waals surface area contributed by atoms with E-state index in [0.29, 0.717) is 22.9 Å². The van der Waals surface area contributed by atoms with E-state index >= 15 is 0 Å². The molecular weight excluding hydrogens is 246 g/mol. The molecule has 3 N–H and O–H groups in total. The van der Waals surface area contributed by atoms with Crippen LogP contribution in [0.1, 0.15) is 5.56 Å². The topological polar surface area (TPSA) is 106 Å². The molecule has 7 heteroatoms. The van der Waals surface area contributed by atoms with Crippen molar-refractivity contribution in [3.8, 4) is 23.4 Å². The predicted molar refractivity (Wildman–Crippen MR) is 67.6 cm³/mol. The molecule has 0 fully saturated rings. The summed E-state index contributed by atoms with van der Waals surface area (Å²) in [4.78, 5) is 7.96. The Morgan fingerprint density at radius 3 is 2.74 bits per heavy atom. The lowest BCUT2D eigenvalue weighted by atomic mass is 10.2. The highest BCUT2D eigenvalue weighted by molar-refractivity contribution is 5.45. The van der Waals surface area contributed by atoms with Gasteiger partial charge in [0.2, 0.25) is 5.88 Å². The van der Waals surface area contributed by atoms with Crippen LogP contribution in [0.4, 0.5) is 5.82 Å². The Labute approximate surface area is 109 Å². The molecule has 0 aliphatic carbocycles. The zero-order valence-electron chi connectivity index (χ0n) is 10.1. The quantitative estimate of drug-likeness (QED) is 0.630. The van der Waals surface area contributed by atoms with Crippen molar-refractivity contribution in [3.05, 3.63) is 36.2 Å². The van der Waals surface area contributed by atoms with Gasteiger partial charge in [-0.15, -0.1) is 0 Å². The Bertz CT molecular complexity index is 624. The number of hydrogen-bond acceptors (Lipinski definition) is 7. The number of benzene rings is 1. The second-order valence-corrected chi connectivity index (χ2v) is 3.50. The van der Waals surface area contributed by atoms with Crippen LogP contribution in [0.15, 0.2) is 30.6 Å². The molecule has 0 radical (unpaired) electrons. The van der Waals surface area contributed by atoms with Crippen LogP contribution in [0.2, 0.25) is 0 Å². The number of nitrogens with zero attached hydrogens (tertiary/aromatic N) is 3. The van der Waals surface area contributed by atoms with Crippen LogP contribution in [-0.2, 0) is 0 Å². The molecular formula is C12H11N5O2. The maximum atomic E-state index is 8.91. The summed E-state index contributed by atoms with van der Waals surface area (Å²) in [6, 6.07) is 6.85. The molecule has 7 nitrogen and oxygen atoms in total. The van der Waals surface area contributed by atoms with E-state index in [9.17, 15) is 0 Å². The summed E-state index contributed by atoms with van der Waals surface area (Å²) in [6.07, 6.45) is 2.89. The maximum absolute atomic E-state index is 8.91. The van der Waals surface area contributed by atoms with Crippen molar-refractivity contribution in [3.63, 3.8) is 0 Å². The van der Waals surface area contributed by atoms with Crippen LogP contribution >= 0.6 is 0 Å². The lowest BCUT2D eigenvalue weighted by Crippen LogP contribution is -2.09. The largest absolute Gasteiger partial charge is 0.497 e. The van der Waals surface area contributed by atoms with Crippen LogP contribution in [0, 0.1) is 11.3 Å². The van der Waals surface area contributed by atoms with Crippen molar-refractivity contribution in [2.75, 3.05) is 12.5 Å². The molecule has 0 unspecified atom stereocenters. The van der Waals surface area contributed by atoms with Gasteiger partial charge in [-0.05, 0) is 12.1 Å². The second-order valence-electron chi connectivity index (χ2n) is 3.50. The van der Waals surface area contributed by atoms with Crippen molar-refractivity contribution in [2.24, 2.45) is 5.84 Å². The van der Waals surface area contributed by atoms with Gasteiger partial charge in [0.05, 0.1) is 31.1 Å². The summed E-state index contributed by atoms with van der Waals surface area (Å²) in [5.41, 5.74) is 2.79. The third-order valence-electron chi connectivity index (χ3n) is 2.23. The lowest BCUT2D eigenvalue weighted by molar-refractivity contribution is 0.407. The highest BCUT2D eigenvalue weighted by atomic mass is 16.5. The molecule has 1 aromatic heterocycles. The highest BCUT2D eigenvalue weighted by Gasteiger charge is 2.05. The molecule has 1 aromatic carbocycles. The Kier molecular flexibility index (Phi) is 3.75. The number of anilines is 1. The molecule has 0 bridgehead atoms. The third-order valence-corrected chi connectivity index (χ3v) is 2.23. The highest BCUT2D eigenvalue weighted by Crippen LogP contribution is 2.26. The monoisotopic (exact) mass is 257 g/mol. The van der Waals surface area contributed by atoms with Crippen molar-refractivity contribution in [1.29, 1.82) is 5.26 Å². The van der Waals surface area contributed by atoms with Crippen molar-refractivity contribution >= 4 is 5.82 Å². The van der Waals surface area contributed by atoms with E-state index in [0.717, 1.165) is 0 Å². The predicted octanol–water partition coefficient (Wildman–Crippen LogP) is 1.43. The Hall–Kier alpha value is -2.85. The van der Waals surface area contributed by atoms with Crippen LogP contribution in [0.3, 0.4) is 0 Å². The maximum Gasteiger partial charge on any atom is 0.239 e. The van der Waals surface area contributed by atoms with Crippen LogP contribution in [0.5, 0.6) is 17.4 Å². The number of nitrogen functional groups attached to an aromatic ring is 1. The third kappa shape index (κ3) is 3.08. The smallest absolute Gasteiger partial charge is 0.239 e. The van der Waals surface area contributed by atoms with Crippen LogP contribution in [-0.4, -0.2) is 17.1 Å². The first-order valence-corrected chi connectivity index (χ1v) is 5.31. The van der Waals surface area contributed by atoms with Gasteiger partial charge in [0.25, 0.3) is 0 Å². The summed E-state index contributed by atoms with van der Waals surface area (Å²) in [6.45, 7) is 0. The Morgan fingerprint density at radius 2 is 2.05 bits per heavy atom. The number of hydrazine groups is 1. The summed E-state index contributed by atoms with van der Waals surface area (Å²) in [5.74, 6) is 6.82. The number of aromatic nitrogens is 2. The molecule has 2 rings (SSSR count). The van der Waals surface area contributed by atoms with E-state index in [1.165, 1.54) is 19.5 Å². The average molecular weight is 257 g/mol. The minimum Gasteiger partial charge on any atom is -0.497 e. The van der Waals surface area contributed by atoms with Crippen LogP contribution in [0.25, 0.3) is 0 Å². The molecule has 0 atom stereocenters. The molecule has 0 saturated carbocycles. The summed E-state index contributed by atoms with van der Waals surface area (Å²) < 4.78 is 10.6. The summed E-state index contributed by atoms with van der Waals surface area (Å²) in [5, 5.41) is 8.91. The Balaban J connectivity index is 2.29. The van der Waals surface area contributed by atoms with Gasteiger partial charge >= 0.3 is 0 Å². The number of methoxy groups -OCH3 is 1. The number of hydrogen-bond donors (Lipinski definition) is 2. The lowest BCUT2D eigenvalue weighted by Gasteiger charge is -2.08. The zero-order valence-corrected chi connectivity index (χ0v) is 10.1. The molecule has 0 aliphatic rings. The van der Waals surface area contributed by atoms with Gasteiger partial charge in [-0.25, -0.2) is 5.84 Å². The molecule has 19 heavy (non-hydrogen) atoms. The fourth-order valence-corrected chi connectivity index (χ4v) is 1.40. The van der Waals surface area contributed by atoms with E-state index in [2.05, 4.69) is 15.4 Å². The van der Waals surface area contributed by atoms with Crippen molar-refractivity contribution in [2.45, 2.75) is 0 Å². The zero-order chi connectivity index (χ0) is 13.7. The van der Waals surface area contributed by atoms with E-state index in [1.54, 1.807) is 18.2 Å². The minimum atomic E-state index is 0.257. The standard InChI is InChI=1S/C12H11N5O2/c1-18-9-2-8(5-13)3-10(4-9)19-12-7-15-6-11(16-12)17-14/h2-4,6-7H,14H2,1H3,(H,16,17). The Morgan fingerprint density at radius 1 is 1.26 bits per heavy atom. The van der Waals surface area contributed by atoms with E-state index in [4.69, 9.17) is 20.6 Å². The van der Waals surface area contributed by atoms with E-state index < -0.39 is 0 Å². The SMILES string of the molecule is COc1cc(C#N)cc(Oc2cncc(NN)n2)c1. The number of nitrogens with one attached hydrogen (secondary N) is 1. The molecule has 0 aliphatic heterocycles. The van der Waals surface area contributed by atoms with E-state index in [1.807, 2.05) is 6.07 Å². The fraction of sp³-hybridized carbons (Fsp3) is 0.0833. The van der Waals surface area contributed by atoms with Gasteiger partial charge in [0.15, 0.2) is 5.82 Å². The molecule has 1 heterocycles. The number of ether oxygens (including phenoxy) is 2. The van der Waals surface area contributed by atoms with Crippen LogP contribution < -0.4 is 20.7 Å². The first-order chi connectivity index (χ1) is 9.25. The first-order valence-electron chi connectivity index (χ1n) is 5.31. The number of rotatable bonds is 4. The van der Waals surface area contributed by atoms with Gasteiger partial charge in [0.1, 0.15) is 11.5 Å². The molecule has 2 aromatic rings. The van der Waals surface area contributed by atoms with Gasteiger partial charge in [0, 0.05) is 6.07 Å². The number of nitrogens with two attached hydrogens (primary N) is 1. The second kappa shape index (κ2) is 5.66. The molecule has 0 saturated heterocycles. The fourth-order valence-electron chi connectivity index (χ4n) is 1.40. The summed E-state index contributed by atoms with van der Waals surface area (Å²) in [7, 11) is 1.51. The molecule has 0 amide bonds. The normalized spacial score (nSPS) is 9.53. The van der Waals surface area contributed by atoms with Gasteiger partial charge < -0.3 is 14.9 Å². The average Bonchev–Trinajstić information content (AvgIpc) is 2.47. The first kappa shape index (κ1) is 12.6. The van der Waals surface area contributed by atoms with Gasteiger partial charge in [-0.1, -0.05) is 0 Å². The summed E-state index contributed by atoms with van der Waals surface area (Å²) >= 11 is 0. The number of nitriles is 1. The molecule has 0 spiro atoms. The van der Waals surface area contributed by atoms with Gasteiger partial charge in [-0.3, -0.25) is 4.98 Å². The molecule has 96 valence electrons. The minimum absolute atomic E-state index is 0.257. The van der Waals surface area contributed by atoms with Gasteiger partial charge in [-0.2, -0.15) is 10.2 Å². The van der Waals surface area contributed by atoms with Crippen molar-refractivity contribution in [1.82, 2.24) is 9.97 Å².